The molecular weight excluding hydrogens is 412 g/mol. The van der Waals surface area contributed by atoms with E-state index in [-0.39, 0.29) is 17.1 Å². The van der Waals surface area contributed by atoms with E-state index in [1.165, 1.54) is 32.2 Å². The molecule has 8 heteroatoms. The number of carbonyl (C=O) groups excluding carboxylic acids is 2. The Labute approximate surface area is 184 Å². The number of rotatable bonds is 8. The van der Waals surface area contributed by atoms with Crippen LogP contribution in [0, 0.1) is 10.1 Å². The summed E-state index contributed by atoms with van der Waals surface area (Å²) in [5.41, 5.74) is 1.37. The van der Waals surface area contributed by atoms with Crippen molar-refractivity contribution in [2.24, 2.45) is 0 Å². The van der Waals surface area contributed by atoms with E-state index in [0.717, 1.165) is 11.1 Å². The third kappa shape index (κ3) is 5.28. The molecule has 0 aromatic heterocycles. The van der Waals surface area contributed by atoms with Gasteiger partial charge in [0.2, 0.25) is 0 Å². The second kappa shape index (κ2) is 10.2. The molecule has 0 radical (unpaired) electrons. The zero-order chi connectivity index (χ0) is 23.1. The molecule has 3 aromatic carbocycles. The van der Waals surface area contributed by atoms with Crippen LogP contribution < -0.4 is 10.1 Å². The van der Waals surface area contributed by atoms with E-state index >= 15 is 0 Å². The van der Waals surface area contributed by atoms with Gasteiger partial charge in [0, 0.05) is 12.1 Å². The van der Waals surface area contributed by atoms with Gasteiger partial charge >= 0.3 is 5.97 Å². The first-order chi connectivity index (χ1) is 15.4. The minimum absolute atomic E-state index is 0.109. The van der Waals surface area contributed by atoms with E-state index in [1.807, 2.05) is 60.7 Å². The molecule has 0 unspecified atom stereocenters. The zero-order valence-electron chi connectivity index (χ0n) is 17.6. The first-order valence-corrected chi connectivity index (χ1v) is 9.84. The van der Waals surface area contributed by atoms with Gasteiger partial charge in [-0.1, -0.05) is 60.7 Å². The van der Waals surface area contributed by atoms with E-state index in [2.05, 4.69) is 5.32 Å². The van der Waals surface area contributed by atoms with Gasteiger partial charge in [0.25, 0.3) is 11.6 Å². The topological polar surface area (TPSA) is 108 Å². The van der Waals surface area contributed by atoms with Crippen LogP contribution in [0.5, 0.6) is 5.75 Å². The molecule has 1 amide bonds. The van der Waals surface area contributed by atoms with Gasteiger partial charge in [0.15, 0.2) is 6.10 Å². The van der Waals surface area contributed by atoms with Crippen molar-refractivity contribution in [3.05, 3.63) is 100 Å². The van der Waals surface area contributed by atoms with E-state index in [1.54, 1.807) is 0 Å². The number of nitrogens with zero attached hydrogens (tertiary/aromatic N) is 1. The monoisotopic (exact) mass is 434 g/mol. The van der Waals surface area contributed by atoms with E-state index in [0.29, 0.717) is 0 Å². The summed E-state index contributed by atoms with van der Waals surface area (Å²) in [7, 11) is 1.38. The van der Waals surface area contributed by atoms with Crippen LogP contribution in [0.2, 0.25) is 0 Å². The van der Waals surface area contributed by atoms with Gasteiger partial charge in [-0.2, -0.15) is 0 Å². The lowest BCUT2D eigenvalue weighted by Crippen LogP contribution is -2.32. The second-order valence-electron chi connectivity index (χ2n) is 6.96. The first-order valence-electron chi connectivity index (χ1n) is 9.84. The molecule has 32 heavy (non-hydrogen) atoms. The van der Waals surface area contributed by atoms with Crippen molar-refractivity contribution in [1.29, 1.82) is 0 Å². The number of anilines is 1. The molecule has 0 aliphatic heterocycles. The number of carbonyl (C=O) groups is 2. The zero-order valence-corrected chi connectivity index (χ0v) is 17.6. The van der Waals surface area contributed by atoms with Crippen LogP contribution in [0.3, 0.4) is 0 Å². The fraction of sp³-hybridized carbons (Fsp3) is 0.167. The van der Waals surface area contributed by atoms with Crippen LogP contribution in [-0.4, -0.2) is 30.0 Å². The van der Waals surface area contributed by atoms with Gasteiger partial charge in [0.1, 0.15) is 11.7 Å². The summed E-state index contributed by atoms with van der Waals surface area (Å²) >= 11 is 0. The molecule has 3 rings (SSSR count). The minimum Gasteiger partial charge on any atom is -0.495 e. The van der Waals surface area contributed by atoms with Crippen molar-refractivity contribution in [1.82, 2.24) is 0 Å². The maximum atomic E-state index is 13.1. The van der Waals surface area contributed by atoms with Crippen LogP contribution in [0.4, 0.5) is 11.4 Å². The van der Waals surface area contributed by atoms with Gasteiger partial charge in [-0.15, -0.1) is 0 Å². The third-order valence-corrected chi connectivity index (χ3v) is 4.82. The Balaban J connectivity index is 1.78. The lowest BCUT2D eigenvalue weighted by Gasteiger charge is -2.20. The summed E-state index contributed by atoms with van der Waals surface area (Å²) in [6.45, 7) is 1.43. The van der Waals surface area contributed by atoms with Crippen molar-refractivity contribution in [3.8, 4) is 5.75 Å². The highest BCUT2D eigenvalue weighted by Crippen LogP contribution is 2.30. The molecule has 0 heterocycles. The quantitative estimate of drug-likeness (QED) is 0.322. The molecule has 164 valence electrons. The summed E-state index contributed by atoms with van der Waals surface area (Å²) in [6.07, 6.45) is -1.15. The number of non-ortho nitro benzene ring substituents is 1. The number of nitro groups is 1. The Morgan fingerprint density at radius 2 is 1.50 bits per heavy atom. The summed E-state index contributed by atoms with van der Waals surface area (Å²) in [4.78, 5) is 36.2. The van der Waals surface area contributed by atoms with Gasteiger partial charge in [-0.05, 0) is 24.1 Å². The highest BCUT2D eigenvalue weighted by molar-refractivity contribution is 5.97. The molecule has 0 aliphatic carbocycles. The average Bonchev–Trinajstić information content (AvgIpc) is 2.80. The summed E-state index contributed by atoms with van der Waals surface area (Å²) < 4.78 is 10.6. The molecule has 0 saturated heterocycles. The third-order valence-electron chi connectivity index (χ3n) is 4.82. The van der Waals surface area contributed by atoms with Gasteiger partial charge < -0.3 is 14.8 Å². The van der Waals surface area contributed by atoms with Crippen molar-refractivity contribution in [2.75, 3.05) is 12.4 Å². The van der Waals surface area contributed by atoms with Crippen molar-refractivity contribution in [3.63, 3.8) is 0 Å². The molecule has 1 N–H and O–H groups in total. The minimum atomic E-state index is -1.15. The second-order valence-corrected chi connectivity index (χ2v) is 6.96. The summed E-state index contributed by atoms with van der Waals surface area (Å²) in [6, 6.07) is 22.1. The normalized spacial score (nSPS) is 11.5. The number of hydrogen-bond donors (Lipinski definition) is 1. The number of amides is 1. The number of methoxy groups -OCH3 is 1. The number of nitro benzene ring substituents is 1. The Hall–Kier alpha value is -4.20. The van der Waals surface area contributed by atoms with Crippen LogP contribution in [-0.2, 0) is 14.3 Å². The summed E-state index contributed by atoms with van der Waals surface area (Å²) in [5, 5.41) is 13.6. The molecule has 8 nitrogen and oxygen atoms in total. The molecule has 0 fully saturated rings. The Bertz CT molecular complexity index is 1060. The van der Waals surface area contributed by atoms with E-state index in [4.69, 9.17) is 9.47 Å². The largest absolute Gasteiger partial charge is 0.495 e. The molecule has 0 spiro atoms. The highest BCUT2D eigenvalue weighted by Gasteiger charge is 2.28. The fourth-order valence-corrected chi connectivity index (χ4v) is 3.19. The van der Waals surface area contributed by atoms with E-state index < -0.39 is 28.8 Å². The Morgan fingerprint density at radius 1 is 0.938 bits per heavy atom. The van der Waals surface area contributed by atoms with Gasteiger partial charge in [-0.3, -0.25) is 19.7 Å². The molecular formula is C24H22N2O6. The van der Waals surface area contributed by atoms with Gasteiger partial charge in [-0.25, -0.2) is 0 Å². The lowest BCUT2D eigenvalue weighted by atomic mass is 9.91. The number of nitrogens with one attached hydrogen (secondary N) is 1. The van der Waals surface area contributed by atoms with Crippen molar-refractivity contribution < 1.29 is 24.0 Å². The van der Waals surface area contributed by atoms with Crippen molar-refractivity contribution >= 4 is 23.3 Å². The number of hydrogen-bond acceptors (Lipinski definition) is 6. The number of ether oxygens (including phenoxy) is 2. The number of benzene rings is 3. The summed E-state index contributed by atoms with van der Waals surface area (Å²) in [5.74, 6) is -1.69. The van der Waals surface area contributed by atoms with Crippen LogP contribution >= 0.6 is 0 Å². The van der Waals surface area contributed by atoms with Crippen LogP contribution in [0.1, 0.15) is 24.0 Å². The maximum Gasteiger partial charge on any atom is 0.318 e. The Kier molecular flexibility index (Phi) is 7.17. The highest BCUT2D eigenvalue weighted by atomic mass is 16.6. The lowest BCUT2D eigenvalue weighted by molar-refractivity contribution is -0.384. The first kappa shape index (κ1) is 22.5. The number of esters is 1. The fourth-order valence-electron chi connectivity index (χ4n) is 3.19. The maximum absolute atomic E-state index is 13.1. The predicted octanol–water partition coefficient (Wildman–Crippen LogP) is 4.31. The predicted molar refractivity (Wildman–Crippen MR) is 119 cm³/mol. The Morgan fingerprint density at radius 3 is 2.00 bits per heavy atom. The van der Waals surface area contributed by atoms with Gasteiger partial charge in [0.05, 0.1) is 17.7 Å². The SMILES string of the molecule is COc1ccc([N+](=O)[O-])cc1NC(=O)[C@@H](C)OC(=O)C(c1ccccc1)c1ccccc1. The molecule has 0 aliphatic rings. The van der Waals surface area contributed by atoms with Crippen molar-refractivity contribution in [2.45, 2.75) is 18.9 Å². The average molecular weight is 434 g/mol. The molecule has 0 bridgehead atoms. The smallest absolute Gasteiger partial charge is 0.318 e. The molecule has 3 aromatic rings. The van der Waals surface area contributed by atoms with Crippen LogP contribution in [0.15, 0.2) is 78.9 Å². The molecule has 1 atom stereocenters. The van der Waals surface area contributed by atoms with E-state index in [9.17, 15) is 19.7 Å². The molecule has 0 saturated carbocycles. The standard InChI is InChI=1S/C24H22N2O6/c1-16(23(27)25-20-15-19(26(29)30)13-14-21(20)31-2)32-24(28)22(17-9-5-3-6-10-17)18-11-7-4-8-12-18/h3-16,22H,1-2H3,(H,25,27)/t16-/m1/s1. The van der Waals surface area contributed by atoms with Crippen LogP contribution in [0.25, 0.3) is 0 Å².